The van der Waals surface area contributed by atoms with E-state index in [-0.39, 0.29) is 0 Å². The maximum atomic E-state index is 4.75. The monoisotopic (exact) mass is 134 g/mol. The Kier molecular flexibility index (Phi) is 43.7. The van der Waals surface area contributed by atoms with E-state index < -0.39 is 0 Å². The van der Waals surface area contributed by atoms with Crippen LogP contribution < -0.4 is 0 Å². The van der Waals surface area contributed by atoms with Gasteiger partial charge in [0.15, 0.2) is 0 Å². The largest absolute Gasteiger partial charge is 0.382 e. The van der Waals surface area contributed by atoms with Crippen LogP contribution in [0.1, 0.15) is 41.5 Å². The summed E-state index contributed by atoms with van der Waals surface area (Å²) in [5.74, 6) is 0. The highest BCUT2D eigenvalue weighted by atomic mass is 16.5. The summed E-state index contributed by atoms with van der Waals surface area (Å²) in [5.41, 5.74) is 0. The van der Waals surface area contributed by atoms with Crippen LogP contribution >= 0.6 is 0 Å². The molecular weight excluding hydrogens is 112 g/mol. The van der Waals surface area contributed by atoms with Gasteiger partial charge in [-0.1, -0.05) is 27.7 Å². The molecule has 0 aromatic rings. The Labute approximate surface area is 60.4 Å². The second-order valence-electron chi connectivity index (χ2n) is 1.28. The first-order valence-electron chi connectivity index (χ1n) is 3.80. The van der Waals surface area contributed by atoms with Crippen LogP contribution in [0.15, 0.2) is 0 Å². The lowest BCUT2D eigenvalue weighted by Gasteiger charge is -1.94. The van der Waals surface area contributed by atoms with E-state index in [2.05, 4.69) is 0 Å². The number of ether oxygens (including phenoxy) is 1. The lowest BCUT2D eigenvalue weighted by molar-refractivity contribution is 0.134. The minimum absolute atomic E-state index is 0.384. The third kappa shape index (κ3) is 73.6. The second-order valence-corrected chi connectivity index (χ2v) is 1.28. The third-order valence-corrected chi connectivity index (χ3v) is 0.471. The standard InChI is InChI=1S/C4H10O.2C2H6/c1-4(2)5-3;2*1-2/h4H,1-3H3;2*1-2H3. The minimum Gasteiger partial charge on any atom is -0.382 e. The van der Waals surface area contributed by atoms with E-state index in [1.165, 1.54) is 0 Å². The Morgan fingerprint density at radius 2 is 1.00 bits per heavy atom. The van der Waals surface area contributed by atoms with Gasteiger partial charge in [-0.3, -0.25) is 0 Å². The van der Waals surface area contributed by atoms with Crippen LogP contribution in [0.2, 0.25) is 0 Å². The SMILES string of the molecule is CC.CC.COC(C)C. The molecule has 0 heterocycles. The van der Waals surface area contributed by atoms with Crippen LogP contribution in [0, 0.1) is 0 Å². The number of hydrogen-bond acceptors (Lipinski definition) is 1. The van der Waals surface area contributed by atoms with Crippen molar-refractivity contribution < 1.29 is 4.74 Å². The molecule has 0 spiro atoms. The first-order valence-corrected chi connectivity index (χ1v) is 3.80. The second kappa shape index (κ2) is 24.6. The molecule has 0 aromatic heterocycles. The van der Waals surface area contributed by atoms with Crippen LogP contribution in [0.5, 0.6) is 0 Å². The summed E-state index contributed by atoms with van der Waals surface area (Å²) in [5, 5.41) is 0. The normalized spacial score (nSPS) is 6.67. The van der Waals surface area contributed by atoms with Gasteiger partial charge < -0.3 is 4.74 Å². The van der Waals surface area contributed by atoms with Gasteiger partial charge in [-0.25, -0.2) is 0 Å². The topological polar surface area (TPSA) is 9.23 Å². The Balaban J connectivity index is -0.0000000771. The quantitative estimate of drug-likeness (QED) is 0.535. The molecule has 0 fully saturated rings. The molecule has 0 bridgehead atoms. The molecule has 1 heteroatoms. The van der Waals surface area contributed by atoms with Crippen molar-refractivity contribution in [3.8, 4) is 0 Å². The fourth-order valence-corrected chi connectivity index (χ4v) is 0. The van der Waals surface area contributed by atoms with Crippen molar-refractivity contribution in [2.75, 3.05) is 7.11 Å². The molecule has 0 aliphatic heterocycles. The molecule has 0 amide bonds. The van der Waals surface area contributed by atoms with E-state index in [1.807, 2.05) is 41.5 Å². The fourth-order valence-electron chi connectivity index (χ4n) is 0. The van der Waals surface area contributed by atoms with E-state index >= 15 is 0 Å². The Hall–Kier alpha value is -0.0400. The third-order valence-electron chi connectivity index (χ3n) is 0.471. The van der Waals surface area contributed by atoms with Gasteiger partial charge in [-0.2, -0.15) is 0 Å². The predicted molar refractivity (Wildman–Crippen MR) is 44.8 cm³/mol. The van der Waals surface area contributed by atoms with E-state index in [1.54, 1.807) is 7.11 Å². The lowest BCUT2D eigenvalue weighted by atomic mass is 10.5. The fraction of sp³-hybridized carbons (Fsp3) is 1.00. The average Bonchev–Trinajstić information content (AvgIpc) is 1.97. The molecule has 0 unspecified atom stereocenters. The van der Waals surface area contributed by atoms with Crippen LogP contribution in [-0.2, 0) is 4.74 Å². The Bertz CT molecular complexity index is 18.5. The van der Waals surface area contributed by atoms with E-state index in [9.17, 15) is 0 Å². The summed E-state index contributed by atoms with van der Waals surface area (Å²) in [4.78, 5) is 0. The van der Waals surface area contributed by atoms with Gasteiger partial charge in [-0.15, -0.1) is 0 Å². The average molecular weight is 134 g/mol. The van der Waals surface area contributed by atoms with Gasteiger partial charge in [0, 0.05) is 7.11 Å². The highest BCUT2D eigenvalue weighted by Crippen LogP contribution is 1.77. The molecule has 0 N–H and O–H groups in total. The molecule has 0 aliphatic rings. The molecule has 0 rings (SSSR count). The van der Waals surface area contributed by atoms with Crippen molar-refractivity contribution in [1.29, 1.82) is 0 Å². The molecule has 0 atom stereocenters. The van der Waals surface area contributed by atoms with Crippen LogP contribution in [0.3, 0.4) is 0 Å². The van der Waals surface area contributed by atoms with Gasteiger partial charge in [0.25, 0.3) is 0 Å². The van der Waals surface area contributed by atoms with Crippen molar-refractivity contribution in [3.63, 3.8) is 0 Å². The number of rotatable bonds is 1. The van der Waals surface area contributed by atoms with Gasteiger partial charge in [-0.05, 0) is 13.8 Å². The van der Waals surface area contributed by atoms with Crippen molar-refractivity contribution in [2.24, 2.45) is 0 Å². The first kappa shape index (κ1) is 16.0. The minimum atomic E-state index is 0.384. The Morgan fingerprint density at radius 1 is 0.889 bits per heavy atom. The molecule has 9 heavy (non-hydrogen) atoms. The molecule has 0 aliphatic carbocycles. The maximum Gasteiger partial charge on any atom is 0.0515 e. The molecule has 0 radical (unpaired) electrons. The predicted octanol–water partition coefficient (Wildman–Crippen LogP) is 3.09. The maximum absolute atomic E-state index is 4.75. The van der Waals surface area contributed by atoms with E-state index in [4.69, 9.17) is 4.74 Å². The van der Waals surface area contributed by atoms with Crippen molar-refractivity contribution in [3.05, 3.63) is 0 Å². The summed E-state index contributed by atoms with van der Waals surface area (Å²) in [7, 11) is 1.70. The van der Waals surface area contributed by atoms with E-state index in [0.717, 1.165) is 0 Å². The Morgan fingerprint density at radius 3 is 1.00 bits per heavy atom. The van der Waals surface area contributed by atoms with Crippen LogP contribution in [-0.4, -0.2) is 13.2 Å². The molecule has 60 valence electrons. The molecule has 1 nitrogen and oxygen atoms in total. The zero-order chi connectivity index (χ0) is 8.28. The van der Waals surface area contributed by atoms with Crippen LogP contribution in [0.25, 0.3) is 0 Å². The lowest BCUT2D eigenvalue weighted by Crippen LogP contribution is -1.94. The van der Waals surface area contributed by atoms with Gasteiger partial charge >= 0.3 is 0 Å². The molecular formula is C8H22O. The summed E-state index contributed by atoms with van der Waals surface area (Å²) in [6.07, 6.45) is 0.384. The van der Waals surface area contributed by atoms with Crippen LogP contribution in [0.4, 0.5) is 0 Å². The summed E-state index contributed by atoms with van der Waals surface area (Å²) < 4.78 is 4.75. The van der Waals surface area contributed by atoms with Gasteiger partial charge in [0.05, 0.1) is 6.10 Å². The smallest absolute Gasteiger partial charge is 0.0515 e. The van der Waals surface area contributed by atoms with Gasteiger partial charge in [0.1, 0.15) is 0 Å². The van der Waals surface area contributed by atoms with Crippen molar-refractivity contribution >= 4 is 0 Å². The molecule has 0 aromatic carbocycles. The summed E-state index contributed by atoms with van der Waals surface area (Å²) >= 11 is 0. The molecule has 0 saturated heterocycles. The highest BCUT2D eigenvalue weighted by molar-refractivity contribution is 4.27. The zero-order valence-electron chi connectivity index (χ0n) is 7.99. The van der Waals surface area contributed by atoms with E-state index in [0.29, 0.717) is 6.10 Å². The first-order chi connectivity index (χ1) is 4.27. The van der Waals surface area contributed by atoms with Crippen molar-refractivity contribution in [1.82, 2.24) is 0 Å². The number of methoxy groups -OCH3 is 1. The summed E-state index contributed by atoms with van der Waals surface area (Å²) in [6.45, 7) is 12.0. The number of hydrogen-bond donors (Lipinski definition) is 0. The zero-order valence-corrected chi connectivity index (χ0v) is 7.99. The van der Waals surface area contributed by atoms with Crippen molar-refractivity contribution in [2.45, 2.75) is 47.6 Å². The highest BCUT2D eigenvalue weighted by Gasteiger charge is 1.78. The van der Waals surface area contributed by atoms with Gasteiger partial charge in [0.2, 0.25) is 0 Å². The molecule has 0 saturated carbocycles. The summed E-state index contributed by atoms with van der Waals surface area (Å²) in [6, 6.07) is 0.